The standard InChI is InChI=1S/C9H16O2/c1-3-8-4-9(5-10)11-6-7(8)2/h5,7-9H,3-4,6H2,1-2H3/t7-,8?,9?/m1/s1. The Balaban J connectivity index is 2.43. The van der Waals surface area contributed by atoms with E-state index >= 15 is 0 Å². The summed E-state index contributed by atoms with van der Waals surface area (Å²) in [5.74, 6) is 1.30. The number of carbonyl (C=O) groups is 1. The van der Waals surface area contributed by atoms with Crippen LogP contribution in [0.2, 0.25) is 0 Å². The molecule has 0 N–H and O–H groups in total. The van der Waals surface area contributed by atoms with Crippen LogP contribution in [-0.2, 0) is 9.53 Å². The summed E-state index contributed by atoms with van der Waals surface area (Å²) < 4.78 is 5.30. The second-order valence-corrected chi connectivity index (χ2v) is 3.39. The van der Waals surface area contributed by atoms with E-state index < -0.39 is 0 Å². The lowest BCUT2D eigenvalue weighted by molar-refractivity contribution is -0.125. The molecule has 0 amide bonds. The average molecular weight is 156 g/mol. The summed E-state index contributed by atoms with van der Waals surface area (Å²) in [5, 5.41) is 0. The molecule has 1 fully saturated rings. The molecule has 0 aromatic carbocycles. The van der Waals surface area contributed by atoms with Gasteiger partial charge in [-0.1, -0.05) is 20.3 Å². The summed E-state index contributed by atoms with van der Waals surface area (Å²) in [5.41, 5.74) is 0. The Morgan fingerprint density at radius 2 is 2.36 bits per heavy atom. The fourth-order valence-corrected chi connectivity index (χ4v) is 1.67. The van der Waals surface area contributed by atoms with Gasteiger partial charge in [-0.05, 0) is 18.3 Å². The SMILES string of the molecule is CCC1CC(C=O)OC[C@H]1C. The molecule has 1 aliphatic rings. The predicted octanol–water partition coefficient (Wildman–Crippen LogP) is 1.64. The van der Waals surface area contributed by atoms with Gasteiger partial charge in [0, 0.05) is 0 Å². The third-order valence-corrected chi connectivity index (χ3v) is 2.59. The summed E-state index contributed by atoms with van der Waals surface area (Å²) in [4.78, 5) is 10.4. The van der Waals surface area contributed by atoms with Gasteiger partial charge in [0.25, 0.3) is 0 Å². The van der Waals surface area contributed by atoms with Crippen LogP contribution in [0.5, 0.6) is 0 Å². The zero-order valence-corrected chi connectivity index (χ0v) is 7.25. The smallest absolute Gasteiger partial charge is 0.148 e. The van der Waals surface area contributed by atoms with E-state index in [0.717, 1.165) is 25.7 Å². The fourth-order valence-electron chi connectivity index (χ4n) is 1.67. The van der Waals surface area contributed by atoms with E-state index in [2.05, 4.69) is 13.8 Å². The van der Waals surface area contributed by atoms with Crippen molar-refractivity contribution < 1.29 is 9.53 Å². The molecule has 0 bridgehead atoms. The van der Waals surface area contributed by atoms with Crippen molar-refractivity contribution in [2.75, 3.05) is 6.61 Å². The molecule has 0 aliphatic carbocycles. The molecule has 2 heteroatoms. The lowest BCUT2D eigenvalue weighted by Gasteiger charge is -2.31. The summed E-state index contributed by atoms with van der Waals surface area (Å²) in [6.07, 6.45) is 2.88. The number of aldehydes is 1. The summed E-state index contributed by atoms with van der Waals surface area (Å²) in [7, 11) is 0. The van der Waals surface area contributed by atoms with Crippen molar-refractivity contribution in [1.29, 1.82) is 0 Å². The molecule has 0 aromatic rings. The Morgan fingerprint density at radius 3 is 2.91 bits per heavy atom. The second kappa shape index (κ2) is 3.86. The molecule has 11 heavy (non-hydrogen) atoms. The number of carbonyl (C=O) groups excluding carboxylic acids is 1. The van der Waals surface area contributed by atoms with E-state index in [9.17, 15) is 4.79 Å². The van der Waals surface area contributed by atoms with Crippen LogP contribution in [0.1, 0.15) is 26.7 Å². The van der Waals surface area contributed by atoms with E-state index in [1.165, 1.54) is 0 Å². The van der Waals surface area contributed by atoms with Gasteiger partial charge in [-0.2, -0.15) is 0 Å². The summed E-state index contributed by atoms with van der Waals surface area (Å²) >= 11 is 0. The number of rotatable bonds is 2. The highest BCUT2D eigenvalue weighted by Gasteiger charge is 2.26. The second-order valence-electron chi connectivity index (χ2n) is 3.39. The summed E-state index contributed by atoms with van der Waals surface area (Å²) in [6, 6.07) is 0. The van der Waals surface area contributed by atoms with Gasteiger partial charge < -0.3 is 9.53 Å². The first-order valence-electron chi connectivity index (χ1n) is 4.34. The van der Waals surface area contributed by atoms with E-state index in [4.69, 9.17) is 4.74 Å². The van der Waals surface area contributed by atoms with Gasteiger partial charge in [0.15, 0.2) is 0 Å². The van der Waals surface area contributed by atoms with Crippen LogP contribution in [0.4, 0.5) is 0 Å². The molecule has 1 rings (SSSR count). The molecule has 2 nitrogen and oxygen atoms in total. The first-order valence-corrected chi connectivity index (χ1v) is 4.34. The van der Waals surface area contributed by atoms with E-state index in [1.807, 2.05) is 0 Å². The van der Waals surface area contributed by atoms with Crippen LogP contribution in [0, 0.1) is 11.8 Å². The van der Waals surface area contributed by atoms with Crippen LogP contribution >= 0.6 is 0 Å². The Labute approximate surface area is 67.9 Å². The fraction of sp³-hybridized carbons (Fsp3) is 0.889. The van der Waals surface area contributed by atoms with Crippen molar-refractivity contribution >= 4 is 6.29 Å². The quantitative estimate of drug-likeness (QED) is 0.568. The lowest BCUT2D eigenvalue weighted by atomic mass is 9.85. The van der Waals surface area contributed by atoms with E-state index in [0.29, 0.717) is 11.8 Å². The molecule has 0 spiro atoms. The molecule has 2 unspecified atom stereocenters. The van der Waals surface area contributed by atoms with E-state index in [-0.39, 0.29) is 6.10 Å². The molecule has 1 aliphatic heterocycles. The van der Waals surface area contributed by atoms with Gasteiger partial charge in [0.2, 0.25) is 0 Å². The van der Waals surface area contributed by atoms with Crippen molar-refractivity contribution in [2.24, 2.45) is 11.8 Å². The minimum absolute atomic E-state index is 0.129. The first-order chi connectivity index (χ1) is 5.27. The van der Waals surface area contributed by atoms with Gasteiger partial charge in [0.1, 0.15) is 12.4 Å². The Kier molecular flexibility index (Phi) is 3.06. The van der Waals surface area contributed by atoms with Crippen LogP contribution in [0.15, 0.2) is 0 Å². The molecule has 1 saturated heterocycles. The zero-order chi connectivity index (χ0) is 8.27. The molecule has 0 aromatic heterocycles. The van der Waals surface area contributed by atoms with E-state index in [1.54, 1.807) is 0 Å². The summed E-state index contributed by atoms with van der Waals surface area (Å²) in [6.45, 7) is 5.12. The minimum Gasteiger partial charge on any atom is -0.370 e. The largest absolute Gasteiger partial charge is 0.370 e. The monoisotopic (exact) mass is 156 g/mol. The van der Waals surface area contributed by atoms with Gasteiger partial charge in [-0.15, -0.1) is 0 Å². The number of hydrogen-bond donors (Lipinski definition) is 0. The van der Waals surface area contributed by atoms with Crippen molar-refractivity contribution in [3.05, 3.63) is 0 Å². The predicted molar refractivity (Wildman–Crippen MR) is 43.4 cm³/mol. The zero-order valence-electron chi connectivity index (χ0n) is 7.25. The van der Waals surface area contributed by atoms with Crippen molar-refractivity contribution in [3.8, 4) is 0 Å². The normalized spacial score (nSPS) is 38.5. The van der Waals surface area contributed by atoms with Gasteiger partial charge in [-0.25, -0.2) is 0 Å². The topological polar surface area (TPSA) is 26.3 Å². The van der Waals surface area contributed by atoms with Gasteiger partial charge >= 0.3 is 0 Å². The Morgan fingerprint density at radius 1 is 1.64 bits per heavy atom. The third kappa shape index (κ3) is 2.03. The molecule has 1 heterocycles. The van der Waals surface area contributed by atoms with Crippen LogP contribution in [-0.4, -0.2) is 19.0 Å². The molecule has 0 radical (unpaired) electrons. The van der Waals surface area contributed by atoms with Crippen molar-refractivity contribution in [2.45, 2.75) is 32.8 Å². The highest BCUT2D eigenvalue weighted by molar-refractivity contribution is 5.56. The number of hydrogen-bond acceptors (Lipinski definition) is 2. The van der Waals surface area contributed by atoms with Crippen molar-refractivity contribution in [3.63, 3.8) is 0 Å². The highest BCUT2D eigenvalue weighted by atomic mass is 16.5. The Hall–Kier alpha value is -0.370. The van der Waals surface area contributed by atoms with Crippen molar-refractivity contribution in [1.82, 2.24) is 0 Å². The molecule has 64 valence electrons. The first kappa shape index (κ1) is 8.72. The maximum absolute atomic E-state index is 10.4. The van der Waals surface area contributed by atoms with Crippen LogP contribution < -0.4 is 0 Å². The molecule has 0 saturated carbocycles. The number of ether oxygens (including phenoxy) is 1. The minimum atomic E-state index is -0.129. The highest BCUT2D eigenvalue weighted by Crippen LogP contribution is 2.26. The average Bonchev–Trinajstić information content (AvgIpc) is 2.05. The van der Waals surface area contributed by atoms with Gasteiger partial charge in [0.05, 0.1) is 6.61 Å². The maximum atomic E-state index is 10.4. The van der Waals surface area contributed by atoms with Crippen LogP contribution in [0.3, 0.4) is 0 Å². The Bertz CT molecular complexity index is 134. The molecular formula is C9H16O2. The molecular weight excluding hydrogens is 140 g/mol. The van der Waals surface area contributed by atoms with Crippen LogP contribution in [0.25, 0.3) is 0 Å². The molecule has 3 atom stereocenters. The third-order valence-electron chi connectivity index (χ3n) is 2.59. The van der Waals surface area contributed by atoms with Gasteiger partial charge in [-0.3, -0.25) is 0 Å². The maximum Gasteiger partial charge on any atom is 0.148 e. The lowest BCUT2D eigenvalue weighted by Crippen LogP contribution is -2.32.